The van der Waals surface area contributed by atoms with Crippen LogP contribution < -0.4 is 5.73 Å². The molecule has 3 heteroatoms. The van der Waals surface area contributed by atoms with Crippen LogP contribution in [-0.4, -0.2) is 29.9 Å². The number of hydrogen-bond donors (Lipinski definition) is 1. The Kier molecular flexibility index (Phi) is 2.27. The lowest BCUT2D eigenvalue weighted by atomic mass is 10.2. The van der Waals surface area contributed by atoms with Gasteiger partial charge in [0.15, 0.2) is 0 Å². The molecule has 1 heterocycles. The lowest BCUT2D eigenvalue weighted by Crippen LogP contribution is -2.40. The van der Waals surface area contributed by atoms with Gasteiger partial charge >= 0.3 is 0 Å². The van der Waals surface area contributed by atoms with Crippen molar-refractivity contribution < 1.29 is 4.79 Å². The van der Waals surface area contributed by atoms with Crippen molar-refractivity contribution in [3.05, 3.63) is 6.92 Å². The van der Waals surface area contributed by atoms with Gasteiger partial charge in [0, 0.05) is 0 Å². The van der Waals surface area contributed by atoms with Gasteiger partial charge in [-0.05, 0) is 32.9 Å². The van der Waals surface area contributed by atoms with Gasteiger partial charge in [-0.25, -0.2) is 0 Å². The Morgan fingerprint density at radius 3 is 2.90 bits per heavy atom. The minimum absolute atomic E-state index is 0.0440. The highest BCUT2D eigenvalue weighted by molar-refractivity contribution is 5.80. The molecule has 1 rings (SSSR count). The van der Waals surface area contributed by atoms with Gasteiger partial charge in [-0.15, -0.1) is 0 Å². The highest BCUT2D eigenvalue weighted by atomic mass is 16.1. The van der Waals surface area contributed by atoms with E-state index >= 15 is 0 Å². The summed E-state index contributed by atoms with van der Waals surface area (Å²) in [5.41, 5.74) is 5.16. The molecule has 57 valence electrons. The Morgan fingerprint density at radius 2 is 2.50 bits per heavy atom. The minimum atomic E-state index is -0.207. The molecule has 1 amide bonds. The third-order valence-corrected chi connectivity index (χ3v) is 1.98. The van der Waals surface area contributed by atoms with Gasteiger partial charge in [0.2, 0.25) is 5.91 Å². The molecule has 1 atom stereocenters. The highest BCUT2D eigenvalue weighted by Crippen LogP contribution is 2.15. The van der Waals surface area contributed by atoms with Crippen LogP contribution in [0.15, 0.2) is 0 Å². The monoisotopic (exact) mass is 141 g/mol. The van der Waals surface area contributed by atoms with E-state index in [0.29, 0.717) is 6.54 Å². The van der Waals surface area contributed by atoms with Crippen LogP contribution in [0.5, 0.6) is 0 Å². The van der Waals surface area contributed by atoms with E-state index in [9.17, 15) is 4.79 Å². The molecule has 0 aliphatic carbocycles. The van der Waals surface area contributed by atoms with Crippen LogP contribution >= 0.6 is 0 Å². The molecule has 1 aliphatic rings. The number of nitrogens with zero attached hydrogens (tertiary/aromatic N) is 1. The third kappa shape index (κ3) is 1.29. The molecular weight excluding hydrogens is 128 g/mol. The summed E-state index contributed by atoms with van der Waals surface area (Å²) in [6.45, 7) is 5.38. The summed E-state index contributed by atoms with van der Waals surface area (Å²) in [4.78, 5) is 12.7. The maximum atomic E-state index is 10.7. The van der Waals surface area contributed by atoms with E-state index < -0.39 is 0 Å². The molecule has 0 bridgehead atoms. The van der Waals surface area contributed by atoms with Crippen molar-refractivity contribution in [2.75, 3.05) is 13.1 Å². The lowest BCUT2D eigenvalue weighted by molar-refractivity contribution is -0.122. The number of primary amides is 1. The van der Waals surface area contributed by atoms with Crippen LogP contribution in [0, 0.1) is 6.92 Å². The second-order valence-electron chi connectivity index (χ2n) is 2.60. The zero-order valence-corrected chi connectivity index (χ0v) is 6.05. The van der Waals surface area contributed by atoms with E-state index in [1.54, 1.807) is 0 Å². The summed E-state index contributed by atoms with van der Waals surface area (Å²) in [6.07, 6.45) is 1.98. The Balaban J connectivity index is 2.50. The number of carbonyl (C=O) groups excluding carboxylic acids is 1. The summed E-state index contributed by atoms with van der Waals surface area (Å²) in [6, 6.07) is -0.0440. The van der Waals surface area contributed by atoms with E-state index in [0.717, 1.165) is 19.4 Å². The molecular formula is C7H13N2O. The fraction of sp³-hybridized carbons (Fsp3) is 0.714. The second-order valence-corrected chi connectivity index (χ2v) is 2.60. The number of nitrogens with two attached hydrogens (primary N) is 1. The van der Waals surface area contributed by atoms with Crippen LogP contribution in [0.4, 0.5) is 0 Å². The predicted molar refractivity (Wildman–Crippen MR) is 39.1 cm³/mol. The fourth-order valence-corrected chi connectivity index (χ4v) is 1.42. The molecule has 1 radical (unpaired) electrons. The van der Waals surface area contributed by atoms with Crippen molar-refractivity contribution in [3.8, 4) is 0 Å². The largest absolute Gasteiger partial charge is 0.368 e. The highest BCUT2D eigenvalue weighted by Gasteiger charge is 2.26. The molecule has 1 saturated heterocycles. The standard InChI is InChI=1S/C7H13N2O/c1-2-9-5-3-4-6(9)7(8)10/h6H,1-5H2,(H2,8,10). The second kappa shape index (κ2) is 3.01. The van der Waals surface area contributed by atoms with Crippen LogP contribution in [0.3, 0.4) is 0 Å². The van der Waals surface area contributed by atoms with E-state index in [1.807, 2.05) is 4.90 Å². The van der Waals surface area contributed by atoms with Crippen LogP contribution in [0.1, 0.15) is 12.8 Å². The molecule has 3 nitrogen and oxygen atoms in total. The molecule has 1 fully saturated rings. The van der Waals surface area contributed by atoms with Gasteiger partial charge in [-0.1, -0.05) is 0 Å². The van der Waals surface area contributed by atoms with Crippen molar-refractivity contribution in [2.45, 2.75) is 18.9 Å². The van der Waals surface area contributed by atoms with Crippen LogP contribution in [0.25, 0.3) is 0 Å². The van der Waals surface area contributed by atoms with Crippen molar-refractivity contribution in [3.63, 3.8) is 0 Å². The van der Waals surface area contributed by atoms with Gasteiger partial charge < -0.3 is 5.73 Å². The van der Waals surface area contributed by atoms with Crippen LogP contribution in [0.2, 0.25) is 0 Å². The first kappa shape index (κ1) is 7.54. The smallest absolute Gasteiger partial charge is 0.234 e. The van der Waals surface area contributed by atoms with Gasteiger partial charge in [0.1, 0.15) is 0 Å². The maximum absolute atomic E-state index is 10.7. The summed E-state index contributed by atoms with van der Waals surface area (Å²) in [5.74, 6) is -0.207. The van der Waals surface area contributed by atoms with Gasteiger partial charge in [-0.2, -0.15) is 0 Å². The van der Waals surface area contributed by atoms with Crippen molar-refractivity contribution in [1.82, 2.24) is 4.90 Å². The Morgan fingerprint density at radius 1 is 1.80 bits per heavy atom. The lowest BCUT2D eigenvalue weighted by Gasteiger charge is -2.18. The number of hydrogen-bond acceptors (Lipinski definition) is 2. The first-order chi connectivity index (χ1) is 4.75. The van der Waals surface area contributed by atoms with E-state index in [4.69, 9.17) is 5.73 Å². The molecule has 0 aromatic carbocycles. The molecule has 2 N–H and O–H groups in total. The molecule has 0 saturated carbocycles. The third-order valence-electron chi connectivity index (χ3n) is 1.98. The first-order valence-electron chi connectivity index (χ1n) is 3.58. The fourth-order valence-electron chi connectivity index (χ4n) is 1.42. The average molecular weight is 141 g/mol. The van der Waals surface area contributed by atoms with E-state index in [2.05, 4.69) is 6.92 Å². The molecule has 0 spiro atoms. The Labute approximate surface area is 61.2 Å². The van der Waals surface area contributed by atoms with E-state index in [1.165, 1.54) is 0 Å². The average Bonchev–Trinajstić information content (AvgIpc) is 2.33. The summed E-state index contributed by atoms with van der Waals surface area (Å²) >= 11 is 0. The summed E-state index contributed by atoms with van der Waals surface area (Å²) < 4.78 is 0. The maximum Gasteiger partial charge on any atom is 0.234 e. The van der Waals surface area contributed by atoms with Gasteiger partial charge in [0.25, 0.3) is 0 Å². The minimum Gasteiger partial charge on any atom is -0.368 e. The van der Waals surface area contributed by atoms with E-state index in [-0.39, 0.29) is 11.9 Å². The number of carbonyl (C=O) groups is 1. The number of amides is 1. The zero-order valence-electron chi connectivity index (χ0n) is 6.05. The summed E-state index contributed by atoms with van der Waals surface area (Å²) in [5, 5.41) is 0. The van der Waals surface area contributed by atoms with Gasteiger partial charge in [0.05, 0.1) is 6.04 Å². The topological polar surface area (TPSA) is 46.3 Å². The Bertz CT molecular complexity index is 136. The number of likely N-dealkylation sites (tertiary alicyclic amines) is 1. The number of rotatable bonds is 2. The SMILES string of the molecule is [CH2]CN1CCCC1C(N)=O. The molecule has 1 unspecified atom stereocenters. The predicted octanol–water partition coefficient (Wildman–Crippen LogP) is -0.230. The molecule has 0 aromatic heterocycles. The van der Waals surface area contributed by atoms with Gasteiger partial charge in [-0.3, -0.25) is 9.69 Å². The first-order valence-corrected chi connectivity index (χ1v) is 3.58. The Hall–Kier alpha value is -0.570. The summed E-state index contributed by atoms with van der Waals surface area (Å²) in [7, 11) is 0. The quantitative estimate of drug-likeness (QED) is 0.577. The van der Waals surface area contributed by atoms with Crippen molar-refractivity contribution in [1.29, 1.82) is 0 Å². The van der Waals surface area contributed by atoms with Crippen molar-refractivity contribution in [2.24, 2.45) is 5.73 Å². The van der Waals surface area contributed by atoms with Crippen LogP contribution in [-0.2, 0) is 4.79 Å². The molecule has 10 heavy (non-hydrogen) atoms. The normalized spacial score (nSPS) is 27.1. The molecule has 1 aliphatic heterocycles. The zero-order chi connectivity index (χ0) is 7.56. The van der Waals surface area contributed by atoms with Crippen molar-refractivity contribution >= 4 is 5.91 Å². The molecule has 0 aromatic rings.